The molecule has 90 valence electrons. The van der Waals surface area contributed by atoms with Crippen molar-refractivity contribution >= 4 is 5.69 Å². The van der Waals surface area contributed by atoms with Crippen molar-refractivity contribution in [1.82, 2.24) is 4.98 Å². The van der Waals surface area contributed by atoms with Gasteiger partial charge in [0.25, 0.3) is 0 Å². The van der Waals surface area contributed by atoms with Crippen LogP contribution >= 0.6 is 0 Å². The largest absolute Gasteiger partial charge is 0.436 e. The predicted molar refractivity (Wildman–Crippen MR) is 64.6 cm³/mol. The van der Waals surface area contributed by atoms with E-state index in [1.807, 2.05) is 6.07 Å². The van der Waals surface area contributed by atoms with E-state index in [1.54, 1.807) is 13.0 Å². The fraction of sp³-hybridized carbons (Fsp3) is 0.0769. The van der Waals surface area contributed by atoms with Crippen LogP contribution in [0.25, 0.3) is 0 Å². The Morgan fingerprint density at radius 3 is 2.83 bits per heavy atom. The van der Waals surface area contributed by atoms with Crippen LogP contribution in [0.4, 0.5) is 10.1 Å². The molecule has 0 aliphatic heterocycles. The Hall–Kier alpha value is -2.61. The standard InChI is InChI=1S/C13H10FN3O/c1-8-4-5-17-13(10(8)7-15)18-12-3-2-9(14)6-11(12)16/h2-6H,16H2,1H3. The minimum atomic E-state index is -0.447. The van der Waals surface area contributed by atoms with Gasteiger partial charge < -0.3 is 10.5 Å². The Morgan fingerprint density at radius 2 is 2.17 bits per heavy atom. The zero-order valence-corrected chi connectivity index (χ0v) is 9.64. The summed E-state index contributed by atoms with van der Waals surface area (Å²) in [6.45, 7) is 1.78. The van der Waals surface area contributed by atoms with Crippen molar-refractivity contribution < 1.29 is 9.13 Å². The van der Waals surface area contributed by atoms with Gasteiger partial charge in [-0.3, -0.25) is 0 Å². The number of ether oxygens (including phenoxy) is 1. The molecule has 1 heterocycles. The number of hydrogen-bond acceptors (Lipinski definition) is 4. The van der Waals surface area contributed by atoms with Crippen LogP contribution in [-0.4, -0.2) is 4.98 Å². The molecule has 5 heteroatoms. The molecule has 0 fully saturated rings. The molecule has 2 N–H and O–H groups in total. The smallest absolute Gasteiger partial charge is 0.237 e. The zero-order chi connectivity index (χ0) is 13.1. The van der Waals surface area contributed by atoms with Crippen molar-refractivity contribution in [3.8, 4) is 17.7 Å². The molecule has 1 aromatic carbocycles. The number of aromatic nitrogens is 1. The highest BCUT2D eigenvalue weighted by atomic mass is 19.1. The normalized spacial score (nSPS) is 9.83. The Labute approximate surface area is 103 Å². The summed E-state index contributed by atoms with van der Waals surface area (Å²) in [5.74, 6) is -0.0145. The number of benzene rings is 1. The summed E-state index contributed by atoms with van der Waals surface area (Å²) >= 11 is 0. The lowest BCUT2D eigenvalue weighted by Gasteiger charge is -2.09. The second-order valence-corrected chi connectivity index (χ2v) is 3.70. The molecule has 4 nitrogen and oxygen atoms in total. The maximum atomic E-state index is 12.9. The Balaban J connectivity index is 2.41. The van der Waals surface area contributed by atoms with Crippen molar-refractivity contribution in [2.75, 3.05) is 5.73 Å². The summed E-state index contributed by atoms with van der Waals surface area (Å²) in [6, 6.07) is 7.50. The Bertz CT molecular complexity index is 635. The van der Waals surface area contributed by atoms with E-state index in [0.717, 1.165) is 11.6 Å². The summed E-state index contributed by atoms with van der Waals surface area (Å²) in [5, 5.41) is 9.03. The van der Waals surface area contributed by atoms with Crippen LogP contribution in [0.2, 0.25) is 0 Å². The van der Waals surface area contributed by atoms with Crippen LogP contribution in [0.5, 0.6) is 11.6 Å². The van der Waals surface area contributed by atoms with Crippen LogP contribution < -0.4 is 10.5 Å². The monoisotopic (exact) mass is 243 g/mol. The lowest BCUT2D eigenvalue weighted by atomic mass is 10.2. The van der Waals surface area contributed by atoms with Crippen molar-refractivity contribution in [1.29, 1.82) is 5.26 Å². The summed E-state index contributed by atoms with van der Waals surface area (Å²) in [7, 11) is 0. The lowest BCUT2D eigenvalue weighted by molar-refractivity contribution is 0.461. The van der Waals surface area contributed by atoms with Gasteiger partial charge >= 0.3 is 0 Å². The molecule has 18 heavy (non-hydrogen) atoms. The van der Waals surface area contributed by atoms with Gasteiger partial charge in [-0.25, -0.2) is 9.37 Å². The van der Waals surface area contributed by atoms with E-state index in [-0.39, 0.29) is 17.3 Å². The van der Waals surface area contributed by atoms with Gasteiger partial charge in [-0.2, -0.15) is 5.26 Å². The number of hydrogen-bond donors (Lipinski definition) is 1. The molecular formula is C13H10FN3O. The first kappa shape index (κ1) is 11.9. The molecule has 0 saturated carbocycles. The summed E-state index contributed by atoms with van der Waals surface area (Å²) in [5.41, 5.74) is 6.87. The maximum Gasteiger partial charge on any atom is 0.237 e. The van der Waals surface area contributed by atoms with E-state index in [0.29, 0.717) is 5.56 Å². The van der Waals surface area contributed by atoms with Crippen molar-refractivity contribution in [3.05, 3.63) is 47.4 Å². The number of rotatable bonds is 2. The van der Waals surface area contributed by atoms with E-state index in [9.17, 15) is 4.39 Å². The molecule has 0 amide bonds. The molecular weight excluding hydrogens is 233 g/mol. The topological polar surface area (TPSA) is 71.9 Å². The van der Waals surface area contributed by atoms with Gasteiger partial charge in [0.1, 0.15) is 17.4 Å². The third-order valence-corrected chi connectivity index (χ3v) is 2.41. The number of anilines is 1. The lowest BCUT2D eigenvalue weighted by Crippen LogP contribution is -1.97. The molecule has 0 atom stereocenters. The fourth-order valence-electron chi connectivity index (χ4n) is 1.46. The number of nitriles is 1. The quantitative estimate of drug-likeness (QED) is 0.823. The molecule has 1 aromatic heterocycles. The van der Waals surface area contributed by atoms with Crippen molar-refractivity contribution in [2.24, 2.45) is 0 Å². The third-order valence-electron chi connectivity index (χ3n) is 2.41. The molecule has 0 saturated heterocycles. The van der Waals surface area contributed by atoms with Crippen LogP contribution in [-0.2, 0) is 0 Å². The van der Waals surface area contributed by atoms with Gasteiger partial charge in [-0.15, -0.1) is 0 Å². The zero-order valence-electron chi connectivity index (χ0n) is 9.64. The highest BCUT2D eigenvalue weighted by Gasteiger charge is 2.11. The molecule has 0 unspecified atom stereocenters. The van der Waals surface area contributed by atoms with Crippen molar-refractivity contribution in [3.63, 3.8) is 0 Å². The average Bonchev–Trinajstić information content (AvgIpc) is 2.33. The second kappa shape index (κ2) is 4.72. The van der Waals surface area contributed by atoms with Gasteiger partial charge in [0.05, 0.1) is 5.69 Å². The van der Waals surface area contributed by atoms with Gasteiger partial charge in [-0.05, 0) is 30.7 Å². The van der Waals surface area contributed by atoms with E-state index < -0.39 is 5.82 Å². The first-order valence-electron chi connectivity index (χ1n) is 5.20. The van der Waals surface area contributed by atoms with Crippen LogP contribution in [0.1, 0.15) is 11.1 Å². The minimum absolute atomic E-state index is 0.155. The minimum Gasteiger partial charge on any atom is -0.436 e. The number of pyridine rings is 1. The van der Waals surface area contributed by atoms with Gasteiger partial charge in [0.15, 0.2) is 5.75 Å². The number of nitrogens with two attached hydrogens (primary N) is 1. The Morgan fingerprint density at radius 1 is 1.39 bits per heavy atom. The number of nitrogen functional groups attached to an aromatic ring is 1. The van der Waals surface area contributed by atoms with Crippen molar-refractivity contribution in [2.45, 2.75) is 6.92 Å². The number of nitrogens with zero attached hydrogens (tertiary/aromatic N) is 2. The highest BCUT2D eigenvalue weighted by Crippen LogP contribution is 2.29. The molecule has 2 aromatic rings. The van der Waals surface area contributed by atoms with Gasteiger partial charge in [0.2, 0.25) is 5.88 Å². The first-order chi connectivity index (χ1) is 8.61. The van der Waals surface area contributed by atoms with Crippen LogP contribution in [0.15, 0.2) is 30.5 Å². The number of halogens is 1. The molecule has 0 spiro atoms. The average molecular weight is 243 g/mol. The molecule has 0 radical (unpaired) electrons. The maximum absolute atomic E-state index is 12.9. The first-order valence-corrected chi connectivity index (χ1v) is 5.20. The molecule has 0 aliphatic rings. The van der Waals surface area contributed by atoms with Gasteiger partial charge in [-0.1, -0.05) is 0 Å². The third kappa shape index (κ3) is 2.23. The molecule has 0 bridgehead atoms. The summed E-state index contributed by atoms with van der Waals surface area (Å²) < 4.78 is 18.3. The second-order valence-electron chi connectivity index (χ2n) is 3.70. The van der Waals surface area contributed by atoms with Crippen LogP contribution in [0, 0.1) is 24.1 Å². The fourth-order valence-corrected chi connectivity index (χ4v) is 1.46. The van der Waals surface area contributed by atoms with E-state index in [4.69, 9.17) is 15.7 Å². The van der Waals surface area contributed by atoms with Crippen LogP contribution in [0.3, 0.4) is 0 Å². The SMILES string of the molecule is Cc1ccnc(Oc2ccc(F)cc2N)c1C#N. The summed E-state index contributed by atoms with van der Waals surface area (Å²) in [4.78, 5) is 3.98. The van der Waals surface area contributed by atoms with E-state index in [1.165, 1.54) is 18.3 Å². The number of aryl methyl sites for hydroxylation is 1. The molecule has 0 aliphatic carbocycles. The Kier molecular flexibility index (Phi) is 3.11. The molecule has 2 rings (SSSR count). The highest BCUT2D eigenvalue weighted by molar-refractivity contribution is 5.55. The van der Waals surface area contributed by atoms with E-state index in [2.05, 4.69) is 4.98 Å². The van der Waals surface area contributed by atoms with E-state index >= 15 is 0 Å². The summed E-state index contributed by atoms with van der Waals surface area (Å²) in [6.07, 6.45) is 1.53. The predicted octanol–water partition coefficient (Wildman–Crippen LogP) is 2.78. The van der Waals surface area contributed by atoms with Gasteiger partial charge in [0, 0.05) is 12.3 Å².